The van der Waals surface area contributed by atoms with Gasteiger partial charge in [-0.05, 0) is 18.6 Å². The van der Waals surface area contributed by atoms with E-state index in [0.717, 1.165) is 10.9 Å². The molecule has 0 saturated carbocycles. The molecule has 0 spiro atoms. The second-order valence-electron chi connectivity index (χ2n) is 3.67. The standard InChI is InChI=1S/C11H15BrO3S/c1-3-6-15-11-7-10(12)5-4-9(11)8-16(2,13)14/h4-5,7H,3,6,8H2,1-2H3. The summed E-state index contributed by atoms with van der Waals surface area (Å²) in [5, 5.41) is 0. The Hall–Kier alpha value is -0.550. The first-order valence-corrected chi connectivity index (χ1v) is 7.86. The fraction of sp³-hybridized carbons (Fsp3) is 0.455. The van der Waals surface area contributed by atoms with E-state index in [1.54, 1.807) is 12.1 Å². The van der Waals surface area contributed by atoms with E-state index < -0.39 is 9.84 Å². The molecule has 0 atom stereocenters. The lowest BCUT2D eigenvalue weighted by Gasteiger charge is -2.10. The molecule has 16 heavy (non-hydrogen) atoms. The Balaban J connectivity index is 2.98. The van der Waals surface area contributed by atoms with Crippen LogP contribution in [0.1, 0.15) is 18.9 Å². The maximum Gasteiger partial charge on any atom is 0.151 e. The summed E-state index contributed by atoms with van der Waals surface area (Å²) in [6, 6.07) is 5.39. The summed E-state index contributed by atoms with van der Waals surface area (Å²) in [6.45, 7) is 2.60. The van der Waals surface area contributed by atoms with Gasteiger partial charge in [-0.2, -0.15) is 0 Å². The second-order valence-corrected chi connectivity index (χ2v) is 6.73. The van der Waals surface area contributed by atoms with Crippen LogP contribution in [-0.2, 0) is 15.6 Å². The van der Waals surface area contributed by atoms with Crippen molar-refractivity contribution in [2.45, 2.75) is 19.1 Å². The summed E-state index contributed by atoms with van der Waals surface area (Å²) in [5.74, 6) is 0.654. The molecule has 0 unspecified atom stereocenters. The molecule has 3 nitrogen and oxygen atoms in total. The minimum absolute atomic E-state index is 0.0132. The van der Waals surface area contributed by atoms with Crippen molar-refractivity contribution in [2.24, 2.45) is 0 Å². The van der Waals surface area contributed by atoms with Crippen molar-refractivity contribution in [3.8, 4) is 5.75 Å². The molecular formula is C11H15BrO3S. The molecule has 0 fully saturated rings. The number of halogens is 1. The van der Waals surface area contributed by atoms with Crippen LogP contribution in [0.4, 0.5) is 0 Å². The molecule has 0 amide bonds. The van der Waals surface area contributed by atoms with Crippen LogP contribution in [0, 0.1) is 0 Å². The van der Waals surface area contributed by atoms with Crippen LogP contribution in [0.3, 0.4) is 0 Å². The molecule has 5 heteroatoms. The zero-order chi connectivity index (χ0) is 12.2. The molecule has 0 heterocycles. The van der Waals surface area contributed by atoms with Gasteiger partial charge in [-0.3, -0.25) is 0 Å². The smallest absolute Gasteiger partial charge is 0.151 e. The first-order valence-electron chi connectivity index (χ1n) is 5.01. The predicted molar refractivity (Wildman–Crippen MR) is 68.5 cm³/mol. The Morgan fingerprint density at radius 1 is 1.38 bits per heavy atom. The Morgan fingerprint density at radius 3 is 2.62 bits per heavy atom. The summed E-state index contributed by atoms with van der Waals surface area (Å²) in [4.78, 5) is 0. The number of ether oxygens (including phenoxy) is 1. The summed E-state index contributed by atoms with van der Waals surface area (Å²) < 4.78 is 28.9. The van der Waals surface area contributed by atoms with Gasteiger partial charge in [0.05, 0.1) is 12.4 Å². The highest BCUT2D eigenvalue weighted by molar-refractivity contribution is 9.10. The van der Waals surface area contributed by atoms with E-state index in [1.807, 2.05) is 13.0 Å². The lowest BCUT2D eigenvalue weighted by atomic mass is 10.2. The van der Waals surface area contributed by atoms with Gasteiger partial charge in [0.1, 0.15) is 5.75 Å². The highest BCUT2D eigenvalue weighted by Gasteiger charge is 2.10. The Morgan fingerprint density at radius 2 is 2.06 bits per heavy atom. The average molecular weight is 307 g/mol. The van der Waals surface area contributed by atoms with Gasteiger partial charge in [0, 0.05) is 16.3 Å². The Kier molecular flexibility index (Phi) is 4.80. The first kappa shape index (κ1) is 13.5. The van der Waals surface area contributed by atoms with Gasteiger partial charge in [0.25, 0.3) is 0 Å². The van der Waals surface area contributed by atoms with E-state index in [0.29, 0.717) is 17.9 Å². The van der Waals surface area contributed by atoms with Gasteiger partial charge in [-0.15, -0.1) is 0 Å². The number of hydrogen-bond acceptors (Lipinski definition) is 3. The van der Waals surface area contributed by atoms with Gasteiger partial charge >= 0.3 is 0 Å². The van der Waals surface area contributed by atoms with Crippen molar-refractivity contribution in [1.29, 1.82) is 0 Å². The third kappa shape index (κ3) is 4.53. The molecule has 0 aromatic heterocycles. The quantitative estimate of drug-likeness (QED) is 0.840. The minimum Gasteiger partial charge on any atom is -0.493 e. The second kappa shape index (κ2) is 5.68. The van der Waals surface area contributed by atoms with Crippen molar-refractivity contribution in [1.82, 2.24) is 0 Å². The predicted octanol–water partition coefficient (Wildman–Crippen LogP) is 2.78. The van der Waals surface area contributed by atoms with Crippen LogP contribution in [0.5, 0.6) is 5.75 Å². The van der Waals surface area contributed by atoms with Gasteiger partial charge < -0.3 is 4.74 Å². The van der Waals surface area contributed by atoms with Crippen molar-refractivity contribution >= 4 is 25.8 Å². The summed E-state index contributed by atoms with van der Waals surface area (Å²) in [6.07, 6.45) is 2.11. The maximum atomic E-state index is 11.2. The van der Waals surface area contributed by atoms with Crippen molar-refractivity contribution in [2.75, 3.05) is 12.9 Å². The average Bonchev–Trinajstić information content (AvgIpc) is 2.16. The first-order chi connectivity index (χ1) is 7.42. The summed E-state index contributed by atoms with van der Waals surface area (Å²) >= 11 is 3.34. The fourth-order valence-electron chi connectivity index (χ4n) is 1.28. The van der Waals surface area contributed by atoms with Gasteiger partial charge in [0.15, 0.2) is 9.84 Å². The topological polar surface area (TPSA) is 43.4 Å². The molecule has 0 aliphatic rings. The van der Waals surface area contributed by atoms with Crippen LogP contribution in [0.2, 0.25) is 0 Å². The van der Waals surface area contributed by atoms with Crippen LogP contribution in [0.25, 0.3) is 0 Å². The normalized spacial score (nSPS) is 11.4. The zero-order valence-electron chi connectivity index (χ0n) is 9.36. The molecule has 0 radical (unpaired) electrons. The van der Waals surface area contributed by atoms with Gasteiger partial charge in [-0.25, -0.2) is 8.42 Å². The SMILES string of the molecule is CCCOc1cc(Br)ccc1CS(C)(=O)=O. The monoisotopic (exact) mass is 306 g/mol. The molecule has 1 aromatic carbocycles. The fourth-order valence-corrected chi connectivity index (χ4v) is 2.42. The van der Waals surface area contributed by atoms with Gasteiger partial charge in [0.2, 0.25) is 0 Å². The number of hydrogen-bond donors (Lipinski definition) is 0. The van der Waals surface area contributed by atoms with Crippen molar-refractivity contribution in [3.05, 3.63) is 28.2 Å². The van der Waals surface area contributed by atoms with E-state index in [9.17, 15) is 8.42 Å². The van der Waals surface area contributed by atoms with E-state index in [4.69, 9.17) is 4.74 Å². The van der Waals surface area contributed by atoms with Crippen molar-refractivity contribution in [3.63, 3.8) is 0 Å². The van der Waals surface area contributed by atoms with Crippen LogP contribution in [0.15, 0.2) is 22.7 Å². The Labute approximate surface area is 105 Å². The minimum atomic E-state index is -3.03. The molecule has 0 aliphatic heterocycles. The van der Waals surface area contributed by atoms with Crippen molar-refractivity contribution < 1.29 is 13.2 Å². The summed E-state index contributed by atoms with van der Waals surface area (Å²) in [5.41, 5.74) is 0.708. The highest BCUT2D eigenvalue weighted by atomic mass is 79.9. The molecule has 0 N–H and O–H groups in total. The number of sulfone groups is 1. The van der Waals surface area contributed by atoms with E-state index in [1.165, 1.54) is 6.26 Å². The zero-order valence-corrected chi connectivity index (χ0v) is 11.8. The van der Waals surface area contributed by atoms with Crippen LogP contribution in [-0.4, -0.2) is 21.3 Å². The molecular weight excluding hydrogens is 292 g/mol. The number of rotatable bonds is 5. The molecule has 0 aliphatic carbocycles. The largest absolute Gasteiger partial charge is 0.493 e. The van der Waals surface area contributed by atoms with E-state index >= 15 is 0 Å². The molecule has 0 saturated heterocycles. The molecule has 1 rings (SSSR count). The Bertz CT molecular complexity index is 454. The lowest BCUT2D eigenvalue weighted by Crippen LogP contribution is -2.04. The van der Waals surface area contributed by atoms with E-state index in [-0.39, 0.29) is 5.75 Å². The number of benzene rings is 1. The highest BCUT2D eigenvalue weighted by Crippen LogP contribution is 2.25. The third-order valence-electron chi connectivity index (χ3n) is 1.91. The molecule has 0 bridgehead atoms. The maximum absolute atomic E-state index is 11.2. The molecule has 90 valence electrons. The van der Waals surface area contributed by atoms with Gasteiger partial charge in [-0.1, -0.05) is 28.9 Å². The third-order valence-corrected chi connectivity index (χ3v) is 3.24. The molecule has 1 aromatic rings. The van der Waals surface area contributed by atoms with Crippen LogP contribution < -0.4 is 4.74 Å². The van der Waals surface area contributed by atoms with E-state index in [2.05, 4.69) is 15.9 Å². The lowest BCUT2D eigenvalue weighted by molar-refractivity contribution is 0.315. The van der Waals surface area contributed by atoms with Crippen LogP contribution >= 0.6 is 15.9 Å². The summed E-state index contributed by atoms with van der Waals surface area (Å²) in [7, 11) is -3.03.